The summed E-state index contributed by atoms with van der Waals surface area (Å²) < 4.78 is 18.7. The highest BCUT2D eigenvalue weighted by molar-refractivity contribution is 6.32. The van der Waals surface area contributed by atoms with Gasteiger partial charge in [-0.05, 0) is 18.2 Å². The van der Waals surface area contributed by atoms with Crippen LogP contribution in [0.15, 0.2) is 67.0 Å². The van der Waals surface area contributed by atoms with Gasteiger partial charge in [0.1, 0.15) is 25.2 Å². The van der Waals surface area contributed by atoms with E-state index in [1.54, 1.807) is 48.5 Å². The monoisotopic (exact) mass is 318 g/mol. The first-order valence-electron chi connectivity index (χ1n) is 7.15. The van der Waals surface area contributed by atoms with E-state index in [0.717, 1.165) is 6.20 Å². The Morgan fingerprint density at radius 2 is 1.88 bits per heavy atom. The molecule has 0 aliphatic rings. The number of aromatic nitrogens is 1. The van der Waals surface area contributed by atoms with E-state index in [1.165, 1.54) is 12.3 Å². The minimum atomic E-state index is -0.487. The molecule has 1 N–H and O–H groups in total. The third-order valence-electron chi connectivity index (χ3n) is 3.16. The van der Waals surface area contributed by atoms with Gasteiger partial charge in [-0.1, -0.05) is 29.7 Å². The molecular formula is C18H12BFN2O2. The third kappa shape index (κ3) is 3.98. The lowest BCUT2D eigenvalue weighted by Gasteiger charge is -2.09. The molecule has 4 nitrogen and oxygen atoms in total. The molecule has 0 bridgehead atoms. The highest BCUT2D eigenvalue weighted by atomic mass is 19.1. The van der Waals surface area contributed by atoms with E-state index >= 15 is 0 Å². The van der Waals surface area contributed by atoms with Gasteiger partial charge < -0.3 is 10.1 Å². The number of carbonyl (C=O) groups is 1. The van der Waals surface area contributed by atoms with Crippen LogP contribution in [0.25, 0.3) is 0 Å². The molecule has 1 aromatic heterocycles. The number of benzene rings is 2. The van der Waals surface area contributed by atoms with Gasteiger partial charge in [-0.3, -0.25) is 9.78 Å². The van der Waals surface area contributed by atoms with Crippen LogP contribution in [0.5, 0.6) is 11.5 Å². The fourth-order valence-corrected chi connectivity index (χ4v) is 2.10. The van der Waals surface area contributed by atoms with Crippen molar-refractivity contribution in [3.8, 4) is 11.5 Å². The van der Waals surface area contributed by atoms with Gasteiger partial charge >= 0.3 is 0 Å². The lowest BCUT2D eigenvalue weighted by atomic mass is 9.94. The summed E-state index contributed by atoms with van der Waals surface area (Å²) in [6.07, 6.45) is 2.50. The second-order valence-electron chi connectivity index (χ2n) is 5.05. The summed E-state index contributed by atoms with van der Waals surface area (Å²) in [5, 5.41) is 2.76. The summed E-state index contributed by atoms with van der Waals surface area (Å²) in [6, 6.07) is 14.7. The largest absolute Gasteiger partial charge is 0.456 e. The van der Waals surface area contributed by atoms with Gasteiger partial charge in [0.15, 0.2) is 0 Å². The van der Waals surface area contributed by atoms with Gasteiger partial charge in [-0.2, -0.15) is 0 Å². The number of carbonyl (C=O) groups excluding carboxylic acids is 1. The van der Waals surface area contributed by atoms with E-state index in [9.17, 15) is 9.18 Å². The van der Waals surface area contributed by atoms with E-state index < -0.39 is 5.82 Å². The highest BCUT2D eigenvalue weighted by Crippen LogP contribution is 2.24. The van der Waals surface area contributed by atoms with Crippen LogP contribution < -0.4 is 15.5 Å². The fourth-order valence-electron chi connectivity index (χ4n) is 2.10. The van der Waals surface area contributed by atoms with Gasteiger partial charge in [0.25, 0.3) is 5.91 Å². The number of rotatable bonds is 4. The maximum absolute atomic E-state index is 13.1. The Morgan fingerprint density at radius 3 is 2.67 bits per heavy atom. The van der Waals surface area contributed by atoms with E-state index in [4.69, 9.17) is 12.6 Å². The fraction of sp³-hybridized carbons (Fsp3) is 0. The topological polar surface area (TPSA) is 51.2 Å². The number of nitrogens with one attached hydrogen (secondary N) is 1. The number of amides is 1. The Labute approximate surface area is 139 Å². The van der Waals surface area contributed by atoms with Gasteiger partial charge in [0.2, 0.25) is 0 Å². The Balaban J connectivity index is 1.74. The molecule has 2 radical (unpaired) electrons. The molecule has 116 valence electrons. The lowest BCUT2D eigenvalue weighted by Crippen LogP contribution is -2.14. The van der Waals surface area contributed by atoms with Crippen molar-refractivity contribution in [3.63, 3.8) is 0 Å². The minimum absolute atomic E-state index is 0.273. The van der Waals surface area contributed by atoms with Crippen molar-refractivity contribution in [3.05, 3.63) is 78.4 Å². The summed E-state index contributed by atoms with van der Waals surface area (Å²) in [5.41, 5.74) is 1.51. The van der Waals surface area contributed by atoms with Crippen molar-refractivity contribution < 1.29 is 13.9 Å². The molecule has 3 aromatic rings. The van der Waals surface area contributed by atoms with Gasteiger partial charge in [-0.25, -0.2) is 4.39 Å². The van der Waals surface area contributed by atoms with Crippen molar-refractivity contribution >= 4 is 24.9 Å². The predicted octanol–water partition coefficient (Wildman–Crippen LogP) is 3.06. The van der Waals surface area contributed by atoms with Crippen molar-refractivity contribution in [2.45, 2.75) is 0 Å². The maximum Gasteiger partial charge on any atom is 0.255 e. The lowest BCUT2D eigenvalue weighted by molar-refractivity contribution is 0.102. The van der Waals surface area contributed by atoms with Crippen molar-refractivity contribution in [2.24, 2.45) is 0 Å². The number of nitrogens with zero attached hydrogens (tertiary/aromatic N) is 1. The summed E-state index contributed by atoms with van der Waals surface area (Å²) >= 11 is 0. The molecule has 1 amide bonds. The second kappa shape index (κ2) is 6.96. The number of anilines is 1. The Kier molecular flexibility index (Phi) is 4.56. The molecule has 1 heterocycles. The van der Waals surface area contributed by atoms with Gasteiger partial charge in [0.05, 0.1) is 12.4 Å². The first kappa shape index (κ1) is 15.7. The van der Waals surface area contributed by atoms with Crippen LogP contribution in [0.1, 0.15) is 10.4 Å². The Bertz CT molecular complexity index is 886. The zero-order valence-corrected chi connectivity index (χ0v) is 12.6. The number of halogens is 1. The number of pyridine rings is 1. The van der Waals surface area contributed by atoms with Gasteiger partial charge in [0, 0.05) is 23.4 Å². The molecule has 3 rings (SSSR count). The average molecular weight is 318 g/mol. The molecule has 0 saturated carbocycles. The Hall–Kier alpha value is -3.15. The molecule has 2 aromatic carbocycles. The first-order chi connectivity index (χ1) is 11.6. The standard InChI is InChI=1S/C18H12BFN2O2/c19-13-4-1-3-12(7-13)18(23)22-15-5-2-6-16(9-15)24-17-8-14(20)10-21-11-17/h1-11H,(H,22,23). The molecule has 0 atom stereocenters. The molecule has 0 aliphatic carbocycles. The molecule has 0 saturated heterocycles. The van der Waals surface area contributed by atoms with Crippen LogP contribution in [0.4, 0.5) is 10.1 Å². The quantitative estimate of drug-likeness (QED) is 0.752. The van der Waals surface area contributed by atoms with Crippen LogP contribution in [0.2, 0.25) is 0 Å². The smallest absolute Gasteiger partial charge is 0.255 e. The summed E-state index contributed by atoms with van der Waals surface area (Å²) in [5.74, 6) is -0.0485. The molecule has 0 unspecified atom stereocenters. The predicted molar refractivity (Wildman–Crippen MR) is 90.5 cm³/mol. The number of hydrogen-bond donors (Lipinski definition) is 1. The molecule has 0 spiro atoms. The minimum Gasteiger partial charge on any atom is -0.456 e. The molecule has 6 heteroatoms. The molecule has 0 aliphatic heterocycles. The average Bonchev–Trinajstić information content (AvgIpc) is 2.55. The van der Waals surface area contributed by atoms with E-state index in [1.807, 2.05) is 0 Å². The SMILES string of the molecule is [B]c1cccc(C(=O)Nc2cccc(Oc3cncc(F)c3)c2)c1. The van der Waals surface area contributed by atoms with Crippen molar-refractivity contribution in [1.82, 2.24) is 4.98 Å². The Morgan fingerprint density at radius 1 is 1.04 bits per heavy atom. The summed E-state index contributed by atoms with van der Waals surface area (Å²) in [6.45, 7) is 0. The second-order valence-corrected chi connectivity index (χ2v) is 5.05. The number of hydrogen-bond acceptors (Lipinski definition) is 3. The van der Waals surface area contributed by atoms with Crippen LogP contribution in [0, 0.1) is 5.82 Å². The normalized spacial score (nSPS) is 10.2. The van der Waals surface area contributed by atoms with Crippen LogP contribution in [0.3, 0.4) is 0 Å². The molecule has 0 fully saturated rings. The zero-order valence-electron chi connectivity index (χ0n) is 12.6. The van der Waals surface area contributed by atoms with E-state index in [2.05, 4.69) is 10.3 Å². The van der Waals surface area contributed by atoms with Crippen LogP contribution in [-0.4, -0.2) is 18.7 Å². The highest BCUT2D eigenvalue weighted by Gasteiger charge is 2.07. The number of ether oxygens (including phenoxy) is 1. The van der Waals surface area contributed by atoms with E-state index in [-0.39, 0.29) is 11.7 Å². The molecular weight excluding hydrogens is 306 g/mol. The first-order valence-corrected chi connectivity index (χ1v) is 7.15. The summed E-state index contributed by atoms with van der Waals surface area (Å²) in [4.78, 5) is 15.9. The van der Waals surface area contributed by atoms with Crippen molar-refractivity contribution in [2.75, 3.05) is 5.32 Å². The zero-order chi connectivity index (χ0) is 16.9. The van der Waals surface area contributed by atoms with Crippen LogP contribution in [-0.2, 0) is 0 Å². The van der Waals surface area contributed by atoms with Crippen molar-refractivity contribution in [1.29, 1.82) is 0 Å². The third-order valence-corrected chi connectivity index (χ3v) is 3.16. The maximum atomic E-state index is 13.1. The summed E-state index contributed by atoms with van der Waals surface area (Å²) in [7, 11) is 5.68. The molecule has 24 heavy (non-hydrogen) atoms. The van der Waals surface area contributed by atoms with Crippen LogP contribution >= 0.6 is 0 Å². The van der Waals surface area contributed by atoms with E-state index in [0.29, 0.717) is 22.5 Å². The van der Waals surface area contributed by atoms with Gasteiger partial charge in [-0.15, -0.1) is 0 Å².